The van der Waals surface area contributed by atoms with E-state index in [1.54, 1.807) is 19.5 Å². The van der Waals surface area contributed by atoms with Gasteiger partial charge in [-0.3, -0.25) is 4.98 Å². The Morgan fingerprint density at radius 3 is 2.48 bits per heavy atom. The molecule has 0 fully saturated rings. The lowest BCUT2D eigenvalue weighted by Gasteiger charge is -2.14. The zero-order chi connectivity index (χ0) is 20.1. The maximum atomic E-state index is 5.46. The number of rotatable bonds is 7. The Bertz CT molecular complexity index is 1060. The summed E-state index contributed by atoms with van der Waals surface area (Å²) >= 11 is 0. The third kappa shape index (κ3) is 4.33. The van der Waals surface area contributed by atoms with Crippen molar-refractivity contribution in [2.45, 2.75) is 19.5 Å². The lowest BCUT2D eigenvalue weighted by molar-refractivity contribution is 0.360. The van der Waals surface area contributed by atoms with E-state index in [9.17, 15) is 0 Å². The van der Waals surface area contributed by atoms with Crippen LogP contribution < -0.4 is 10.1 Å². The van der Waals surface area contributed by atoms with Crippen LogP contribution in [0.1, 0.15) is 24.4 Å². The smallest absolute Gasteiger partial charge is 0.240 e. The highest BCUT2D eigenvalue weighted by molar-refractivity contribution is 5.70. The van der Waals surface area contributed by atoms with Crippen LogP contribution in [0.15, 0.2) is 77.6 Å². The van der Waals surface area contributed by atoms with Crippen LogP contribution in [0.5, 0.6) is 5.75 Å². The second kappa shape index (κ2) is 8.67. The first-order valence-electron chi connectivity index (χ1n) is 9.44. The number of ether oxygens (including phenoxy) is 1. The van der Waals surface area contributed by atoms with Crippen molar-refractivity contribution in [2.24, 2.45) is 0 Å². The molecule has 6 nitrogen and oxygen atoms in total. The SMILES string of the molecule is COc1ccccc1-c1ccc(C(C)NCc2nc(-c3ccncc3)no2)cc1. The van der Waals surface area contributed by atoms with Crippen LogP contribution in [-0.2, 0) is 6.54 Å². The number of nitrogens with one attached hydrogen (secondary N) is 1. The van der Waals surface area contributed by atoms with Crippen LogP contribution in [0.4, 0.5) is 0 Å². The van der Waals surface area contributed by atoms with Crippen LogP contribution in [0.3, 0.4) is 0 Å². The minimum absolute atomic E-state index is 0.137. The molecule has 2 aromatic carbocycles. The Balaban J connectivity index is 1.40. The van der Waals surface area contributed by atoms with E-state index in [1.807, 2.05) is 30.3 Å². The molecule has 0 bridgehead atoms. The Morgan fingerprint density at radius 1 is 0.966 bits per heavy atom. The van der Waals surface area contributed by atoms with Crippen molar-refractivity contribution in [3.05, 3.63) is 84.5 Å². The first kappa shape index (κ1) is 18.8. The number of aromatic nitrogens is 3. The first-order valence-corrected chi connectivity index (χ1v) is 9.44. The molecule has 0 saturated heterocycles. The van der Waals surface area contributed by atoms with E-state index < -0.39 is 0 Å². The van der Waals surface area contributed by atoms with Crippen LogP contribution >= 0.6 is 0 Å². The molecule has 1 unspecified atom stereocenters. The second-order valence-electron chi connectivity index (χ2n) is 6.67. The number of nitrogens with zero attached hydrogens (tertiary/aromatic N) is 3. The zero-order valence-corrected chi connectivity index (χ0v) is 16.4. The van der Waals surface area contributed by atoms with E-state index in [0.29, 0.717) is 18.3 Å². The predicted molar refractivity (Wildman–Crippen MR) is 111 cm³/mol. The van der Waals surface area contributed by atoms with Gasteiger partial charge >= 0.3 is 0 Å². The predicted octanol–water partition coefficient (Wildman–Crippen LogP) is 4.66. The molecule has 1 N–H and O–H groups in total. The van der Waals surface area contributed by atoms with Crippen molar-refractivity contribution < 1.29 is 9.26 Å². The van der Waals surface area contributed by atoms with Gasteiger partial charge in [-0.15, -0.1) is 0 Å². The number of pyridine rings is 1. The molecule has 0 aliphatic rings. The third-order valence-electron chi connectivity index (χ3n) is 4.79. The summed E-state index contributed by atoms with van der Waals surface area (Å²) in [5, 5.41) is 7.46. The molecular weight excluding hydrogens is 364 g/mol. The number of para-hydroxylation sites is 1. The van der Waals surface area contributed by atoms with Gasteiger partial charge in [-0.05, 0) is 36.2 Å². The van der Waals surface area contributed by atoms with Crippen molar-refractivity contribution in [2.75, 3.05) is 7.11 Å². The summed E-state index contributed by atoms with van der Waals surface area (Å²) in [5.74, 6) is 1.99. The van der Waals surface area contributed by atoms with E-state index in [4.69, 9.17) is 9.26 Å². The summed E-state index contributed by atoms with van der Waals surface area (Å²) in [5.41, 5.74) is 4.27. The summed E-state index contributed by atoms with van der Waals surface area (Å²) < 4.78 is 10.8. The molecule has 0 amide bonds. The van der Waals surface area contributed by atoms with E-state index in [-0.39, 0.29) is 6.04 Å². The highest BCUT2D eigenvalue weighted by Gasteiger charge is 2.11. The molecule has 4 aromatic rings. The zero-order valence-electron chi connectivity index (χ0n) is 16.4. The van der Waals surface area contributed by atoms with Crippen molar-refractivity contribution >= 4 is 0 Å². The van der Waals surface area contributed by atoms with Gasteiger partial charge in [-0.2, -0.15) is 4.98 Å². The number of hydrogen-bond donors (Lipinski definition) is 1. The van der Waals surface area contributed by atoms with Crippen LogP contribution in [0.25, 0.3) is 22.5 Å². The second-order valence-corrected chi connectivity index (χ2v) is 6.67. The van der Waals surface area contributed by atoms with E-state index in [0.717, 1.165) is 22.4 Å². The molecule has 4 rings (SSSR count). The number of benzene rings is 2. The average Bonchev–Trinajstić information content (AvgIpc) is 3.27. The fourth-order valence-electron chi connectivity index (χ4n) is 3.14. The number of hydrogen-bond acceptors (Lipinski definition) is 6. The monoisotopic (exact) mass is 386 g/mol. The van der Waals surface area contributed by atoms with Gasteiger partial charge in [-0.1, -0.05) is 47.6 Å². The fraction of sp³-hybridized carbons (Fsp3) is 0.174. The van der Waals surface area contributed by atoms with Gasteiger partial charge < -0.3 is 14.6 Å². The quantitative estimate of drug-likeness (QED) is 0.498. The first-order chi connectivity index (χ1) is 14.2. The lowest BCUT2D eigenvalue weighted by atomic mass is 10.0. The highest BCUT2D eigenvalue weighted by Crippen LogP contribution is 2.30. The molecule has 6 heteroatoms. The number of methoxy groups -OCH3 is 1. The van der Waals surface area contributed by atoms with E-state index >= 15 is 0 Å². The molecular formula is C23H22N4O2. The molecule has 0 spiro atoms. The molecule has 2 heterocycles. The topological polar surface area (TPSA) is 73.1 Å². The normalized spacial score (nSPS) is 11.9. The van der Waals surface area contributed by atoms with Gasteiger partial charge in [0, 0.05) is 29.6 Å². The largest absolute Gasteiger partial charge is 0.496 e. The van der Waals surface area contributed by atoms with Crippen LogP contribution in [-0.4, -0.2) is 22.2 Å². The average molecular weight is 386 g/mol. The van der Waals surface area contributed by atoms with E-state index in [1.165, 1.54) is 5.56 Å². The van der Waals surface area contributed by atoms with Gasteiger partial charge in [0.2, 0.25) is 11.7 Å². The molecule has 0 aliphatic carbocycles. The van der Waals surface area contributed by atoms with E-state index in [2.05, 4.69) is 57.7 Å². The molecule has 1 atom stereocenters. The Hall–Kier alpha value is -3.51. The Labute approximate surface area is 169 Å². The maximum absolute atomic E-state index is 5.46. The molecule has 146 valence electrons. The molecule has 2 aromatic heterocycles. The molecule has 0 saturated carbocycles. The molecule has 0 radical (unpaired) electrons. The summed E-state index contributed by atoms with van der Waals surface area (Å²) in [7, 11) is 1.69. The van der Waals surface area contributed by atoms with Gasteiger partial charge in [-0.25, -0.2) is 0 Å². The van der Waals surface area contributed by atoms with Crippen molar-refractivity contribution in [1.29, 1.82) is 0 Å². The molecule has 0 aliphatic heterocycles. The van der Waals surface area contributed by atoms with Gasteiger partial charge in [0.05, 0.1) is 13.7 Å². The van der Waals surface area contributed by atoms with Crippen molar-refractivity contribution in [3.63, 3.8) is 0 Å². The molecule has 29 heavy (non-hydrogen) atoms. The van der Waals surface area contributed by atoms with Crippen molar-refractivity contribution in [1.82, 2.24) is 20.4 Å². The Kier molecular flexibility index (Phi) is 5.63. The maximum Gasteiger partial charge on any atom is 0.240 e. The highest BCUT2D eigenvalue weighted by atomic mass is 16.5. The van der Waals surface area contributed by atoms with Crippen LogP contribution in [0, 0.1) is 0 Å². The summed E-state index contributed by atoms with van der Waals surface area (Å²) in [6.07, 6.45) is 3.42. The minimum Gasteiger partial charge on any atom is -0.496 e. The standard InChI is InChI=1S/C23H22N4O2/c1-16(25-15-22-26-23(27-29-22)19-11-13-24-14-12-19)17-7-9-18(10-8-17)20-5-3-4-6-21(20)28-2/h3-14,16,25H,15H2,1-2H3. The summed E-state index contributed by atoms with van der Waals surface area (Å²) in [4.78, 5) is 8.44. The van der Waals surface area contributed by atoms with Crippen LogP contribution in [0.2, 0.25) is 0 Å². The Morgan fingerprint density at radius 2 is 1.72 bits per heavy atom. The lowest BCUT2D eigenvalue weighted by Crippen LogP contribution is -2.18. The summed E-state index contributed by atoms with van der Waals surface area (Å²) in [6, 6.07) is 20.3. The summed E-state index contributed by atoms with van der Waals surface area (Å²) in [6.45, 7) is 2.60. The van der Waals surface area contributed by atoms with Gasteiger partial charge in [0.25, 0.3) is 0 Å². The fourth-order valence-corrected chi connectivity index (χ4v) is 3.14. The van der Waals surface area contributed by atoms with Gasteiger partial charge in [0.1, 0.15) is 5.75 Å². The van der Waals surface area contributed by atoms with Crippen molar-refractivity contribution in [3.8, 4) is 28.3 Å². The third-order valence-corrected chi connectivity index (χ3v) is 4.79. The van der Waals surface area contributed by atoms with Gasteiger partial charge in [0.15, 0.2) is 0 Å². The minimum atomic E-state index is 0.137.